The average Bonchev–Trinajstić information content (AvgIpc) is 3.11. The van der Waals surface area contributed by atoms with E-state index < -0.39 is 0 Å². The average molecular weight is 536 g/mol. The molecule has 0 aliphatic heterocycles. The Morgan fingerprint density at radius 3 is 2.42 bits per heavy atom. The van der Waals surface area contributed by atoms with Gasteiger partial charge in [0.15, 0.2) is 11.6 Å². The zero-order valence-corrected chi connectivity index (χ0v) is 21.3. The first-order valence-corrected chi connectivity index (χ1v) is 10.3. The van der Waals surface area contributed by atoms with Crippen molar-refractivity contribution in [1.29, 1.82) is 0 Å². The molecule has 3 aromatic rings. The highest BCUT2D eigenvalue weighted by Gasteiger charge is 2.12. The van der Waals surface area contributed by atoms with Crippen molar-refractivity contribution in [2.24, 2.45) is 12.0 Å². The van der Waals surface area contributed by atoms with Crippen molar-refractivity contribution in [3.63, 3.8) is 0 Å². The fourth-order valence-corrected chi connectivity index (χ4v) is 3.18. The molecule has 0 saturated heterocycles. The fourth-order valence-electron chi connectivity index (χ4n) is 3.18. The van der Waals surface area contributed by atoms with Crippen molar-refractivity contribution in [2.45, 2.75) is 32.6 Å². The van der Waals surface area contributed by atoms with Crippen LogP contribution in [0.25, 0.3) is 11.0 Å². The number of aromatic nitrogens is 4. The topological polar surface area (TPSA) is 92.1 Å². The number of aliphatic imine (C=N–C) groups is 1. The van der Waals surface area contributed by atoms with Crippen LogP contribution in [0.5, 0.6) is 0 Å². The summed E-state index contributed by atoms with van der Waals surface area (Å²) >= 11 is 0. The summed E-state index contributed by atoms with van der Waals surface area (Å²) in [5.41, 5.74) is 3.67. The van der Waals surface area contributed by atoms with Crippen molar-refractivity contribution < 1.29 is 0 Å². The molecule has 3 rings (SSSR count). The van der Waals surface area contributed by atoms with Crippen molar-refractivity contribution >= 4 is 46.8 Å². The lowest BCUT2D eigenvalue weighted by molar-refractivity contribution is 0.590. The number of nitrogens with one attached hydrogen (secondary N) is 3. The molecule has 2 aromatic heterocycles. The van der Waals surface area contributed by atoms with Crippen LogP contribution < -0.4 is 16.0 Å². The lowest BCUT2D eigenvalue weighted by Gasteiger charge is -2.19. The highest BCUT2D eigenvalue weighted by molar-refractivity contribution is 14.0. The third kappa shape index (κ3) is 6.78. The van der Waals surface area contributed by atoms with Gasteiger partial charge in [-0.1, -0.05) is 45.0 Å². The van der Waals surface area contributed by atoms with Crippen LogP contribution >= 0.6 is 24.0 Å². The lowest BCUT2D eigenvalue weighted by Crippen LogP contribution is -2.40. The SMILES string of the molecule is CN=C(NCCNc1ncnc2c1cnn2C)NCCc1ccc(C(C)(C)C)cc1.I. The van der Waals surface area contributed by atoms with Gasteiger partial charge in [0.25, 0.3) is 0 Å². The Kier molecular flexibility index (Phi) is 9.02. The van der Waals surface area contributed by atoms with E-state index >= 15 is 0 Å². The third-order valence-electron chi connectivity index (χ3n) is 4.99. The van der Waals surface area contributed by atoms with E-state index in [0.717, 1.165) is 35.8 Å². The molecule has 0 bridgehead atoms. The first-order valence-electron chi connectivity index (χ1n) is 10.3. The van der Waals surface area contributed by atoms with Gasteiger partial charge in [-0.05, 0) is 23.0 Å². The minimum Gasteiger partial charge on any atom is -0.368 e. The molecule has 1 aromatic carbocycles. The van der Waals surface area contributed by atoms with Gasteiger partial charge in [-0.3, -0.25) is 9.67 Å². The highest BCUT2D eigenvalue weighted by Crippen LogP contribution is 2.22. The number of fused-ring (bicyclic) bond motifs is 1. The molecule has 0 amide bonds. The lowest BCUT2D eigenvalue weighted by atomic mass is 9.86. The summed E-state index contributed by atoms with van der Waals surface area (Å²) < 4.78 is 1.74. The molecule has 0 radical (unpaired) electrons. The predicted octanol–water partition coefficient (Wildman–Crippen LogP) is 3.10. The summed E-state index contributed by atoms with van der Waals surface area (Å²) in [5.74, 6) is 1.58. The minimum atomic E-state index is 0. The molecule has 0 aliphatic rings. The van der Waals surface area contributed by atoms with Crippen molar-refractivity contribution in [1.82, 2.24) is 30.4 Å². The summed E-state index contributed by atoms with van der Waals surface area (Å²) in [5, 5.41) is 15.2. The molecular formula is C22H33IN8. The summed E-state index contributed by atoms with van der Waals surface area (Å²) in [6, 6.07) is 8.87. The zero-order chi connectivity index (χ0) is 21.6. The van der Waals surface area contributed by atoms with E-state index in [1.54, 1.807) is 24.3 Å². The van der Waals surface area contributed by atoms with E-state index in [1.807, 2.05) is 7.05 Å². The van der Waals surface area contributed by atoms with E-state index in [4.69, 9.17) is 0 Å². The minimum absolute atomic E-state index is 0. The summed E-state index contributed by atoms with van der Waals surface area (Å²) in [7, 11) is 3.65. The quantitative estimate of drug-likeness (QED) is 0.186. The second-order valence-electron chi connectivity index (χ2n) is 8.28. The Hall–Kier alpha value is -2.43. The molecule has 2 heterocycles. The number of nitrogens with zero attached hydrogens (tertiary/aromatic N) is 5. The van der Waals surface area contributed by atoms with E-state index in [2.05, 4.69) is 81.0 Å². The van der Waals surface area contributed by atoms with Gasteiger partial charge in [-0.15, -0.1) is 24.0 Å². The van der Waals surface area contributed by atoms with Crippen LogP contribution in [0, 0.1) is 0 Å². The Labute approximate surface area is 201 Å². The first kappa shape index (κ1) is 24.8. The van der Waals surface area contributed by atoms with Crippen LogP contribution in [0.2, 0.25) is 0 Å². The van der Waals surface area contributed by atoms with Gasteiger partial charge in [-0.2, -0.15) is 5.10 Å². The fraction of sp³-hybridized carbons (Fsp3) is 0.455. The number of anilines is 1. The summed E-state index contributed by atoms with van der Waals surface area (Å²) in [6.45, 7) is 8.94. The number of hydrogen-bond donors (Lipinski definition) is 3. The van der Waals surface area contributed by atoms with Crippen LogP contribution in [0.3, 0.4) is 0 Å². The van der Waals surface area contributed by atoms with Gasteiger partial charge in [0.1, 0.15) is 12.1 Å². The van der Waals surface area contributed by atoms with Crippen molar-refractivity contribution in [3.05, 3.63) is 47.9 Å². The molecule has 0 fully saturated rings. The molecule has 0 spiro atoms. The number of hydrogen-bond acceptors (Lipinski definition) is 5. The van der Waals surface area contributed by atoms with Crippen LogP contribution in [-0.2, 0) is 18.9 Å². The maximum absolute atomic E-state index is 4.31. The number of benzene rings is 1. The zero-order valence-electron chi connectivity index (χ0n) is 18.9. The Balaban J connectivity index is 0.00000341. The van der Waals surface area contributed by atoms with Gasteiger partial charge in [0.05, 0.1) is 11.6 Å². The number of aryl methyl sites for hydroxylation is 1. The maximum Gasteiger partial charge on any atom is 0.191 e. The molecule has 0 unspecified atom stereocenters. The summed E-state index contributed by atoms with van der Waals surface area (Å²) in [6.07, 6.45) is 4.27. The highest BCUT2D eigenvalue weighted by atomic mass is 127. The second-order valence-corrected chi connectivity index (χ2v) is 8.28. The predicted molar refractivity (Wildman–Crippen MR) is 138 cm³/mol. The largest absolute Gasteiger partial charge is 0.368 e. The normalized spacial score (nSPS) is 11.8. The third-order valence-corrected chi connectivity index (χ3v) is 4.99. The number of halogens is 1. The van der Waals surface area contributed by atoms with Gasteiger partial charge in [0.2, 0.25) is 0 Å². The Bertz CT molecular complexity index is 989. The van der Waals surface area contributed by atoms with E-state index in [9.17, 15) is 0 Å². The van der Waals surface area contributed by atoms with Crippen LogP contribution in [0.1, 0.15) is 31.9 Å². The summed E-state index contributed by atoms with van der Waals surface area (Å²) in [4.78, 5) is 12.9. The van der Waals surface area contributed by atoms with Crippen LogP contribution in [0.15, 0.2) is 41.8 Å². The molecule has 8 nitrogen and oxygen atoms in total. The molecular weight excluding hydrogens is 503 g/mol. The molecule has 0 saturated carbocycles. The molecule has 9 heteroatoms. The molecule has 31 heavy (non-hydrogen) atoms. The van der Waals surface area contributed by atoms with Gasteiger partial charge in [0, 0.05) is 33.7 Å². The standard InChI is InChI=1S/C22H32N8.HI/c1-22(2,3)17-8-6-16(7-9-17)10-11-25-21(23-4)26-13-12-24-19-18-14-29-30(5)20(18)28-15-27-19;/h6-9,14-15H,10-13H2,1-5H3,(H2,23,25,26)(H,24,27,28);1H. The van der Waals surface area contributed by atoms with E-state index in [0.29, 0.717) is 13.1 Å². The van der Waals surface area contributed by atoms with Gasteiger partial charge < -0.3 is 16.0 Å². The molecule has 168 valence electrons. The van der Waals surface area contributed by atoms with Crippen LogP contribution in [-0.4, -0.2) is 52.4 Å². The van der Waals surface area contributed by atoms with Crippen molar-refractivity contribution in [3.8, 4) is 0 Å². The first-order chi connectivity index (χ1) is 14.4. The smallest absolute Gasteiger partial charge is 0.191 e. The van der Waals surface area contributed by atoms with E-state index in [-0.39, 0.29) is 29.4 Å². The van der Waals surface area contributed by atoms with Gasteiger partial charge >= 0.3 is 0 Å². The van der Waals surface area contributed by atoms with Gasteiger partial charge in [-0.25, -0.2) is 9.97 Å². The molecule has 0 atom stereocenters. The molecule has 3 N–H and O–H groups in total. The Morgan fingerprint density at radius 1 is 1.03 bits per heavy atom. The van der Waals surface area contributed by atoms with Crippen LogP contribution in [0.4, 0.5) is 5.82 Å². The second kappa shape index (κ2) is 11.3. The maximum atomic E-state index is 4.31. The van der Waals surface area contributed by atoms with E-state index in [1.165, 1.54) is 11.1 Å². The van der Waals surface area contributed by atoms with Crippen molar-refractivity contribution in [2.75, 3.05) is 32.0 Å². The Morgan fingerprint density at radius 2 is 1.74 bits per heavy atom. The number of rotatable bonds is 7. The monoisotopic (exact) mass is 536 g/mol. The molecule has 0 aliphatic carbocycles. The number of guanidine groups is 1.